The van der Waals surface area contributed by atoms with Gasteiger partial charge in [0.15, 0.2) is 11.5 Å². The molecule has 2 aromatic heterocycles. The van der Waals surface area contributed by atoms with E-state index in [1.54, 1.807) is 14.2 Å². The molecular weight excluding hydrogens is 470 g/mol. The van der Waals surface area contributed by atoms with Crippen LogP contribution in [0, 0.1) is 0 Å². The third-order valence-corrected chi connectivity index (χ3v) is 7.51. The molecule has 0 saturated heterocycles. The predicted molar refractivity (Wildman–Crippen MR) is 139 cm³/mol. The van der Waals surface area contributed by atoms with Crippen LogP contribution in [0.2, 0.25) is 0 Å². The lowest BCUT2D eigenvalue weighted by Gasteiger charge is -2.16. The van der Waals surface area contributed by atoms with E-state index in [-0.39, 0.29) is 0 Å². The second-order valence-corrected chi connectivity index (χ2v) is 9.94. The summed E-state index contributed by atoms with van der Waals surface area (Å²) >= 11 is 0. The highest BCUT2D eigenvalue weighted by atomic mass is 16.7. The van der Waals surface area contributed by atoms with Crippen LogP contribution in [-0.2, 0) is 16.9 Å². The molecule has 4 aromatic rings. The van der Waals surface area contributed by atoms with Gasteiger partial charge in [-0.2, -0.15) is 10.1 Å². The Bertz CT molecular complexity index is 1480. The number of rotatable bonds is 7. The molecular formula is C28H31N5O4. The molecule has 3 heterocycles. The predicted octanol–water partition coefficient (Wildman–Crippen LogP) is 5.82. The molecule has 1 aliphatic carbocycles. The lowest BCUT2D eigenvalue weighted by molar-refractivity contribution is -0.0159. The van der Waals surface area contributed by atoms with Crippen molar-refractivity contribution in [1.29, 1.82) is 0 Å². The molecule has 0 amide bonds. The Morgan fingerprint density at radius 2 is 1.81 bits per heavy atom. The minimum absolute atomic E-state index is 0.378. The van der Waals surface area contributed by atoms with Gasteiger partial charge in [-0.1, -0.05) is 42.2 Å². The normalized spacial score (nSPS) is 19.8. The highest BCUT2D eigenvalue weighted by Crippen LogP contribution is 2.38. The molecule has 1 atom stereocenters. The topological polar surface area (TPSA) is 96.8 Å². The molecule has 0 radical (unpaired) electrons. The molecule has 1 saturated carbocycles. The summed E-state index contributed by atoms with van der Waals surface area (Å²) in [4.78, 5) is 10.6. The van der Waals surface area contributed by atoms with Gasteiger partial charge in [0.05, 0.1) is 37.2 Å². The summed E-state index contributed by atoms with van der Waals surface area (Å²) in [5, 5.41) is 14.9. The summed E-state index contributed by atoms with van der Waals surface area (Å²) < 4.78 is 18.6. The number of nitrogens with zero attached hydrogens (tertiary/aromatic N) is 5. The molecule has 6 rings (SSSR count). The van der Waals surface area contributed by atoms with Crippen LogP contribution in [0.4, 0.5) is 0 Å². The smallest absolute Gasteiger partial charge is 0.258 e. The van der Waals surface area contributed by atoms with E-state index in [1.165, 1.54) is 36.6 Å². The van der Waals surface area contributed by atoms with Crippen molar-refractivity contribution in [2.75, 3.05) is 14.2 Å². The molecule has 2 aromatic carbocycles. The van der Waals surface area contributed by atoms with Gasteiger partial charge < -0.3 is 18.8 Å². The van der Waals surface area contributed by atoms with E-state index >= 15 is 0 Å². The van der Waals surface area contributed by atoms with Gasteiger partial charge in [0.2, 0.25) is 11.4 Å². The van der Waals surface area contributed by atoms with E-state index in [0.717, 1.165) is 29.0 Å². The van der Waals surface area contributed by atoms with Gasteiger partial charge in [-0.25, -0.2) is 0 Å². The van der Waals surface area contributed by atoms with Gasteiger partial charge in [-0.05, 0) is 50.5 Å². The Labute approximate surface area is 215 Å². The van der Waals surface area contributed by atoms with Crippen LogP contribution in [-0.4, -0.2) is 39.9 Å². The monoisotopic (exact) mass is 501 g/mol. The van der Waals surface area contributed by atoms with Crippen molar-refractivity contribution in [3.8, 4) is 23.0 Å². The van der Waals surface area contributed by atoms with Crippen LogP contribution < -0.4 is 9.47 Å². The van der Waals surface area contributed by atoms with Crippen molar-refractivity contribution >= 4 is 16.6 Å². The van der Waals surface area contributed by atoms with Gasteiger partial charge in [-0.3, -0.25) is 4.68 Å². The molecule has 37 heavy (non-hydrogen) atoms. The maximum Gasteiger partial charge on any atom is 0.258 e. The van der Waals surface area contributed by atoms with E-state index < -0.39 is 5.60 Å². The third kappa shape index (κ3) is 4.02. The van der Waals surface area contributed by atoms with Gasteiger partial charge in [0.1, 0.15) is 0 Å². The number of ether oxygens (including phenoxy) is 2. The maximum atomic E-state index is 5.93. The quantitative estimate of drug-likeness (QED) is 0.315. The highest BCUT2D eigenvalue weighted by molar-refractivity contribution is 6.04. The van der Waals surface area contributed by atoms with Crippen LogP contribution in [0.1, 0.15) is 69.1 Å². The molecule has 1 aliphatic heterocycles. The Kier molecular flexibility index (Phi) is 5.85. The number of hydrogen-bond acceptors (Lipinski definition) is 8. The second kappa shape index (κ2) is 9.21. The Morgan fingerprint density at radius 3 is 2.57 bits per heavy atom. The number of methoxy groups -OCH3 is 2. The third-order valence-electron chi connectivity index (χ3n) is 7.51. The summed E-state index contributed by atoms with van der Waals surface area (Å²) in [6, 6.07) is 12.4. The largest absolute Gasteiger partial charge is 0.493 e. The van der Waals surface area contributed by atoms with Crippen molar-refractivity contribution in [2.24, 2.45) is 5.16 Å². The second-order valence-electron chi connectivity index (χ2n) is 9.94. The fourth-order valence-corrected chi connectivity index (χ4v) is 5.41. The first-order valence-corrected chi connectivity index (χ1v) is 12.9. The first-order chi connectivity index (χ1) is 18.0. The van der Waals surface area contributed by atoms with Crippen molar-refractivity contribution in [2.45, 2.75) is 64.0 Å². The van der Waals surface area contributed by atoms with Crippen LogP contribution in [0.15, 0.2) is 46.1 Å². The minimum atomic E-state index is -0.830. The molecule has 0 spiro atoms. The average molecular weight is 502 g/mol. The zero-order chi connectivity index (χ0) is 25.6. The summed E-state index contributed by atoms with van der Waals surface area (Å²) in [5.41, 5.74) is 4.12. The van der Waals surface area contributed by atoms with Crippen molar-refractivity contribution < 1.29 is 18.8 Å². The SMILES string of the molecule is CCc1nn(C2CCCC2)c2cc(C3=NOC(C)(c4noc(-c5ccc(OC)c(OC)c5)n4)C3)ccc12. The Morgan fingerprint density at radius 1 is 1.03 bits per heavy atom. The van der Waals surface area contributed by atoms with Crippen LogP contribution in [0.5, 0.6) is 11.5 Å². The zero-order valence-electron chi connectivity index (χ0n) is 21.7. The molecule has 0 N–H and O–H groups in total. The lowest BCUT2D eigenvalue weighted by atomic mass is 9.94. The fraction of sp³-hybridized carbons (Fsp3) is 0.429. The molecule has 2 aliphatic rings. The fourth-order valence-electron chi connectivity index (χ4n) is 5.41. The van der Waals surface area contributed by atoms with E-state index in [1.807, 2.05) is 25.1 Å². The molecule has 1 fully saturated rings. The summed E-state index contributed by atoms with van der Waals surface area (Å²) in [7, 11) is 3.19. The van der Waals surface area contributed by atoms with E-state index in [4.69, 9.17) is 23.9 Å². The molecule has 192 valence electrons. The standard InChI is InChI=1S/C28H31N5O4/c1-5-21-20-12-10-17(14-23(20)33(30-21)19-8-6-7-9-19)22-16-28(2,37-31-22)27-29-26(36-32-27)18-11-13-24(34-3)25(15-18)35-4/h10-15,19H,5-9,16H2,1-4H3. The average Bonchev–Trinajstić information content (AvgIpc) is 3.73. The first-order valence-electron chi connectivity index (χ1n) is 12.9. The van der Waals surface area contributed by atoms with Crippen LogP contribution in [0.25, 0.3) is 22.4 Å². The number of benzene rings is 2. The summed E-state index contributed by atoms with van der Waals surface area (Å²) in [6.07, 6.45) is 6.35. The first kappa shape index (κ1) is 23.5. The molecule has 1 unspecified atom stereocenters. The molecule has 0 bridgehead atoms. The minimum Gasteiger partial charge on any atom is -0.493 e. The zero-order valence-corrected chi connectivity index (χ0v) is 21.7. The number of oxime groups is 1. The van der Waals surface area contributed by atoms with Crippen molar-refractivity contribution in [1.82, 2.24) is 19.9 Å². The Hall–Kier alpha value is -3.88. The van der Waals surface area contributed by atoms with Crippen molar-refractivity contribution in [3.05, 3.63) is 53.5 Å². The summed E-state index contributed by atoms with van der Waals surface area (Å²) in [6.45, 7) is 4.10. The number of hydrogen-bond donors (Lipinski definition) is 0. The maximum absolute atomic E-state index is 5.93. The van der Waals surface area contributed by atoms with Gasteiger partial charge >= 0.3 is 0 Å². The van der Waals surface area contributed by atoms with Crippen molar-refractivity contribution in [3.63, 3.8) is 0 Å². The molecule has 9 heteroatoms. The Balaban J connectivity index is 1.27. The molecule has 9 nitrogen and oxygen atoms in total. The van der Waals surface area contributed by atoms with Gasteiger partial charge in [0, 0.05) is 22.9 Å². The van der Waals surface area contributed by atoms with Gasteiger partial charge in [-0.15, -0.1) is 0 Å². The lowest BCUT2D eigenvalue weighted by Crippen LogP contribution is -2.23. The van der Waals surface area contributed by atoms with E-state index in [2.05, 4.69) is 45.1 Å². The van der Waals surface area contributed by atoms with E-state index in [0.29, 0.717) is 35.7 Å². The summed E-state index contributed by atoms with van der Waals surface area (Å²) in [5.74, 6) is 2.05. The number of aryl methyl sites for hydroxylation is 1. The number of fused-ring (bicyclic) bond motifs is 1. The van der Waals surface area contributed by atoms with Crippen LogP contribution >= 0.6 is 0 Å². The van der Waals surface area contributed by atoms with Gasteiger partial charge in [0.25, 0.3) is 5.89 Å². The van der Waals surface area contributed by atoms with E-state index in [9.17, 15) is 0 Å². The van der Waals surface area contributed by atoms with Crippen LogP contribution in [0.3, 0.4) is 0 Å². The highest BCUT2D eigenvalue weighted by Gasteiger charge is 2.41. The number of aromatic nitrogens is 4.